The maximum atomic E-state index is 13.6. The number of amides is 4. The van der Waals surface area contributed by atoms with Crippen molar-refractivity contribution >= 4 is 29.2 Å². The number of nitrogens with one attached hydrogen (secondary N) is 2. The summed E-state index contributed by atoms with van der Waals surface area (Å²) in [6.45, 7) is 3.60. The number of urea groups is 1. The molecular formula is C32H38N4O4. The van der Waals surface area contributed by atoms with Crippen LogP contribution in [-0.4, -0.2) is 61.1 Å². The predicted molar refractivity (Wildman–Crippen MR) is 157 cm³/mol. The molecule has 4 amide bonds. The number of rotatable bonds is 11. The summed E-state index contributed by atoms with van der Waals surface area (Å²) in [4.78, 5) is 43.4. The number of carbonyl (C=O) groups is 3. The summed E-state index contributed by atoms with van der Waals surface area (Å²) in [5.41, 5.74) is 2.56. The Kier molecular flexibility index (Phi) is 10.7. The summed E-state index contributed by atoms with van der Waals surface area (Å²) in [5, 5.41) is 6.01. The third-order valence-corrected chi connectivity index (χ3v) is 6.99. The van der Waals surface area contributed by atoms with Gasteiger partial charge in [-0.1, -0.05) is 66.7 Å². The SMILES string of the molecule is C[C@@H](C(=O)N[C@@H](CCCc1ccccc1)CC(=O)Nc1ccccc1)N(C(=O)N1CCOCC1)c1ccccc1. The third-order valence-electron chi connectivity index (χ3n) is 6.99. The monoisotopic (exact) mass is 542 g/mol. The molecule has 0 bridgehead atoms. The van der Waals surface area contributed by atoms with Crippen LogP contribution < -0.4 is 15.5 Å². The minimum atomic E-state index is -0.786. The molecule has 0 saturated carbocycles. The largest absolute Gasteiger partial charge is 0.378 e. The molecule has 0 radical (unpaired) electrons. The van der Waals surface area contributed by atoms with Crippen molar-refractivity contribution in [3.8, 4) is 0 Å². The molecule has 8 heteroatoms. The number of aryl methyl sites for hydroxylation is 1. The Bertz CT molecular complexity index is 1220. The number of ether oxygens (including phenoxy) is 1. The lowest BCUT2D eigenvalue weighted by molar-refractivity contribution is -0.123. The smallest absolute Gasteiger partial charge is 0.325 e. The Balaban J connectivity index is 1.46. The highest BCUT2D eigenvalue weighted by atomic mass is 16.5. The van der Waals surface area contributed by atoms with Gasteiger partial charge in [0.25, 0.3) is 0 Å². The quantitative estimate of drug-likeness (QED) is 0.362. The molecule has 1 saturated heterocycles. The third kappa shape index (κ3) is 8.41. The van der Waals surface area contributed by atoms with E-state index in [4.69, 9.17) is 4.74 Å². The van der Waals surface area contributed by atoms with Crippen LogP contribution in [0.15, 0.2) is 91.0 Å². The van der Waals surface area contributed by atoms with E-state index in [1.165, 1.54) is 10.5 Å². The molecule has 0 spiro atoms. The van der Waals surface area contributed by atoms with Crippen LogP contribution in [0.5, 0.6) is 0 Å². The van der Waals surface area contributed by atoms with Gasteiger partial charge in [-0.2, -0.15) is 0 Å². The van der Waals surface area contributed by atoms with Gasteiger partial charge < -0.3 is 20.3 Å². The predicted octanol–water partition coefficient (Wildman–Crippen LogP) is 4.87. The van der Waals surface area contributed by atoms with Gasteiger partial charge >= 0.3 is 6.03 Å². The van der Waals surface area contributed by atoms with E-state index in [1.807, 2.05) is 78.9 Å². The molecule has 3 aromatic carbocycles. The number of carbonyl (C=O) groups excluding carboxylic acids is 3. The Morgan fingerprint density at radius 3 is 2.12 bits per heavy atom. The van der Waals surface area contributed by atoms with Crippen LogP contribution in [0.2, 0.25) is 0 Å². The first kappa shape index (κ1) is 28.8. The van der Waals surface area contributed by atoms with Gasteiger partial charge in [0.1, 0.15) is 6.04 Å². The fourth-order valence-electron chi connectivity index (χ4n) is 4.81. The van der Waals surface area contributed by atoms with Crippen molar-refractivity contribution in [2.24, 2.45) is 0 Å². The lowest BCUT2D eigenvalue weighted by Crippen LogP contribution is -2.56. The molecule has 40 heavy (non-hydrogen) atoms. The maximum Gasteiger partial charge on any atom is 0.325 e. The summed E-state index contributed by atoms with van der Waals surface area (Å²) >= 11 is 0. The number of benzene rings is 3. The standard InChI is InChI=1S/C32H38N4O4/c1-25(36(29-18-9-4-10-19-29)32(39)35-20-22-40-23-21-35)31(38)34-28(17-11-14-26-12-5-2-6-13-26)24-30(37)33-27-15-7-3-8-16-27/h2-10,12-13,15-16,18-19,25,28H,11,14,17,20-24H2,1H3,(H,33,37)(H,34,38)/t25-,28-/m0/s1. The Labute approximate surface area is 236 Å². The summed E-state index contributed by atoms with van der Waals surface area (Å²) in [5.74, 6) is -0.476. The Morgan fingerprint density at radius 1 is 0.875 bits per heavy atom. The van der Waals surface area contributed by atoms with E-state index in [2.05, 4.69) is 22.8 Å². The molecule has 1 heterocycles. The summed E-state index contributed by atoms with van der Waals surface area (Å²) < 4.78 is 5.42. The van der Waals surface area contributed by atoms with Crippen LogP contribution in [-0.2, 0) is 20.7 Å². The Morgan fingerprint density at radius 2 is 1.48 bits per heavy atom. The molecule has 210 valence electrons. The van der Waals surface area contributed by atoms with E-state index in [-0.39, 0.29) is 24.3 Å². The zero-order valence-corrected chi connectivity index (χ0v) is 23.0. The molecular weight excluding hydrogens is 504 g/mol. The van der Waals surface area contributed by atoms with Crippen molar-refractivity contribution in [1.82, 2.24) is 10.2 Å². The zero-order valence-electron chi connectivity index (χ0n) is 23.0. The highest BCUT2D eigenvalue weighted by Crippen LogP contribution is 2.20. The molecule has 2 atom stereocenters. The van der Waals surface area contributed by atoms with E-state index < -0.39 is 12.1 Å². The molecule has 0 aromatic heterocycles. The van der Waals surface area contributed by atoms with Crippen molar-refractivity contribution in [2.45, 2.75) is 44.7 Å². The van der Waals surface area contributed by atoms with E-state index in [1.54, 1.807) is 11.8 Å². The molecule has 3 aromatic rings. The second-order valence-corrected chi connectivity index (χ2v) is 9.97. The van der Waals surface area contributed by atoms with E-state index >= 15 is 0 Å². The van der Waals surface area contributed by atoms with Gasteiger partial charge in [-0.05, 0) is 56.0 Å². The molecule has 2 N–H and O–H groups in total. The number of hydrogen-bond donors (Lipinski definition) is 2. The Hall–Kier alpha value is -4.17. The summed E-state index contributed by atoms with van der Waals surface area (Å²) in [7, 11) is 0. The van der Waals surface area contributed by atoms with E-state index in [9.17, 15) is 14.4 Å². The van der Waals surface area contributed by atoms with Crippen LogP contribution in [0, 0.1) is 0 Å². The fraction of sp³-hybridized carbons (Fsp3) is 0.344. The van der Waals surface area contributed by atoms with Crippen LogP contribution in [0.3, 0.4) is 0 Å². The van der Waals surface area contributed by atoms with Gasteiger partial charge in [-0.15, -0.1) is 0 Å². The number of nitrogens with zero attached hydrogens (tertiary/aromatic N) is 2. The topological polar surface area (TPSA) is 91.0 Å². The average Bonchev–Trinajstić information content (AvgIpc) is 2.99. The van der Waals surface area contributed by atoms with Crippen LogP contribution in [0.4, 0.5) is 16.2 Å². The lowest BCUT2D eigenvalue weighted by Gasteiger charge is -2.36. The second-order valence-electron chi connectivity index (χ2n) is 9.97. The normalized spacial score (nSPS) is 14.6. The van der Waals surface area contributed by atoms with E-state index in [0.29, 0.717) is 44.1 Å². The minimum Gasteiger partial charge on any atom is -0.378 e. The van der Waals surface area contributed by atoms with E-state index in [0.717, 1.165) is 12.8 Å². The zero-order chi connectivity index (χ0) is 28.2. The van der Waals surface area contributed by atoms with Gasteiger partial charge in [-0.25, -0.2) is 4.79 Å². The number of anilines is 2. The number of para-hydroxylation sites is 2. The molecule has 8 nitrogen and oxygen atoms in total. The maximum absolute atomic E-state index is 13.6. The molecule has 0 unspecified atom stereocenters. The van der Waals surface area contributed by atoms with Gasteiger partial charge in [0, 0.05) is 36.9 Å². The lowest BCUT2D eigenvalue weighted by atomic mass is 10.0. The molecule has 4 rings (SSSR count). The van der Waals surface area contributed by atoms with Gasteiger partial charge in [0.05, 0.1) is 13.2 Å². The van der Waals surface area contributed by atoms with Crippen LogP contribution >= 0.6 is 0 Å². The summed E-state index contributed by atoms with van der Waals surface area (Å²) in [6.07, 6.45) is 2.40. The van der Waals surface area contributed by atoms with Crippen molar-refractivity contribution in [3.63, 3.8) is 0 Å². The highest BCUT2D eigenvalue weighted by Gasteiger charge is 2.32. The molecule has 0 aliphatic carbocycles. The minimum absolute atomic E-state index is 0.130. The van der Waals surface area contributed by atoms with Gasteiger partial charge in [0.15, 0.2) is 0 Å². The molecule has 1 aliphatic heterocycles. The van der Waals surface area contributed by atoms with Gasteiger partial charge in [-0.3, -0.25) is 14.5 Å². The van der Waals surface area contributed by atoms with Crippen LogP contribution in [0.25, 0.3) is 0 Å². The van der Waals surface area contributed by atoms with Crippen molar-refractivity contribution < 1.29 is 19.1 Å². The highest BCUT2D eigenvalue weighted by molar-refractivity contribution is 6.00. The van der Waals surface area contributed by atoms with Crippen LogP contribution in [0.1, 0.15) is 31.7 Å². The van der Waals surface area contributed by atoms with Gasteiger partial charge in [0.2, 0.25) is 11.8 Å². The average molecular weight is 543 g/mol. The number of hydrogen-bond acceptors (Lipinski definition) is 4. The first-order valence-electron chi connectivity index (χ1n) is 13.9. The van der Waals surface area contributed by atoms with Crippen molar-refractivity contribution in [1.29, 1.82) is 0 Å². The van der Waals surface area contributed by atoms with Crippen molar-refractivity contribution in [3.05, 3.63) is 96.6 Å². The molecule has 1 fully saturated rings. The second kappa shape index (κ2) is 14.8. The molecule has 1 aliphatic rings. The van der Waals surface area contributed by atoms with Crippen molar-refractivity contribution in [2.75, 3.05) is 36.5 Å². The summed E-state index contributed by atoms with van der Waals surface area (Å²) in [6, 6.07) is 27.2. The first-order valence-corrected chi connectivity index (χ1v) is 13.9. The fourth-order valence-corrected chi connectivity index (χ4v) is 4.81. The first-order chi connectivity index (χ1) is 19.5. The number of morpholine rings is 1.